The molecule has 3 amide bonds. The molecule has 0 aliphatic carbocycles. The fourth-order valence-electron chi connectivity index (χ4n) is 4.35. The van der Waals surface area contributed by atoms with Crippen molar-refractivity contribution in [2.45, 2.75) is 32.9 Å². The van der Waals surface area contributed by atoms with Gasteiger partial charge in [0.2, 0.25) is 5.91 Å². The highest BCUT2D eigenvalue weighted by Crippen LogP contribution is 2.31. The maximum Gasteiger partial charge on any atom is 0.322 e. The molecular weight excluding hydrogens is 454 g/mol. The highest BCUT2D eigenvalue weighted by atomic mass is 16.2. The summed E-state index contributed by atoms with van der Waals surface area (Å²) in [6.07, 6.45) is 0. The second kappa shape index (κ2) is 10.4. The summed E-state index contributed by atoms with van der Waals surface area (Å²) in [5.74, 6) is -0.247. The van der Waals surface area contributed by atoms with Crippen molar-refractivity contribution in [1.29, 1.82) is 0 Å². The molecule has 184 valence electrons. The number of hydrogen-bond acceptors (Lipinski definition) is 4. The van der Waals surface area contributed by atoms with Crippen molar-refractivity contribution < 1.29 is 9.59 Å². The summed E-state index contributed by atoms with van der Waals surface area (Å²) >= 11 is 0. The maximum absolute atomic E-state index is 13.8. The van der Waals surface area contributed by atoms with Crippen LogP contribution < -0.4 is 16.2 Å². The summed E-state index contributed by atoms with van der Waals surface area (Å²) in [4.78, 5) is 45.1. The lowest BCUT2D eigenvalue weighted by Gasteiger charge is -2.35. The van der Waals surface area contributed by atoms with Crippen LogP contribution in [0.1, 0.15) is 44.1 Å². The van der Waals surface area contributed by atoms with Gasteiger partial charge in [-0.3, -0.25) is 9.59 Å². The molecule has 2 atom stereocenters. The van der Waals surface area contributed by atoms with Crippen molar-refractivity contribution in [3.8, 4) is 0 Å². The van der Waals surface area contributed by atoms with Crippen LogP contribution >= 0.6 is 0 Å². The van der Waals surface area contributed by atoms with Gasteiger partial charge in [-0.05, 0) is 43.7 Å². The zero-order chi connectivity index (χ0) is 25.8. The fourth-order valence-corrected chi connectivity index (χ4v) is 4.35. The minimum atomic E-state index is -0.656. The number of aromatic nitrogens is 2. The van der Waals surface area contributed by atoms with E-state index in [1.165, 1.54) is 6.92 Å². The molecule has 0 saturated heterocycles. The van der Waals surface area contributed by atoms with Gasteiger partial charge in [0.15, 0.2) is 0 Å². The number of urea groups is 1. The molecule has 3 aromatic carbocycles. The van der Waals surface area contributed by atoms with E-state index in [2.05, 4.69) is 15.6 Å². The van der Waals surface area contributed by atoms with Gasteiger partial charge in [0.05, 0.1) is 34.5 Å². The standard InChI is InChI=1S/C28H29N5O3/c1-18(21-12-6-5-7-13-21)33(28(36)31-23-15-9-8-14-22(23)29-20(3)34)19(2)26-27(35)32(4)25-17-11-10-16-24(25)30-26/h5-19H,1-4H3,(H,29,34)(H,31,36)/t18-,19?/m1/s1. The molecule has 0 radical (unpaired) electrons. The van der Waals surface area contributed by atoms with E-state index in [-0.39, 0.29) is 23.2 Å². The number of nitrogens with zero attached hydrogens (tertiary/aromatic N) is 3. The first-order valence-corrected chi connectivity index (χ1v) is 11.7. The van der Waals surface area contributed by atoms with Gasteiger partial charge >= 0.3 is 6.03 Å². The summed E-state index contributed by atoms with van der Waals surface area (Å²) in [6.45, 7) is 5.12. The molecule has 36 heavy (non-hydrogen) atoms. The number of rotatable bonds is 6. The predicted octanol–water partition coefficient (Wildman–Crippen LogP) is 5.25. The molecule has 2 N–H and O–H groups in total. The van der Waals surface area contributed by atoms with E-state index in [9.17, 15) is 14.4 Å². The highest BCUT2D eigenvalue weighted by Gasteiger charge is 2.31. The number of carbonyl (C=O) groups is 2. The molecule has 8 heteroatoms. The first kappa shape index (κ1) is 24.7. The van der Waals surface area contributed by atoms with Crippen LogP contribution in [-0.2, 0) is 11.8 Å². The predicted molar refractivity (Wildman–Crippen MR) is 142 cm³/mol. The van der Waals surface area contributed by atoms with Crippen LogP contribution in [0.25, 0.3) is 11.0 Å². The van der Waals surface area contributed by atoms with Gasteiger partial charge < -0.3 is 20.1 Å². The fraction of sp³-hybridized carbons (Fsp3) is 0.214. The SMILES string of the molecule is CC(=O)Nc1ccccc1NC(=O)N(C(C)c1nc2ccccc2n(C)c1=O)[C@H](C)c1ccccc1. The lowest BCUT2D eigenvalue weighted by Crippen LogP contribution is -2.42. The van der Waals surface area contributed by atoms with E-state index in [0.29, 0.717) is 16.9 Å². The Morgan fingerprint density at radius 3 is 2.08 bits per heavy atom. The molecule has 4 rings (SSSR count). The Morgan fingerprint density at radius 1 is 0.833 bits per heavy atom. The Balaban J connectivity index is 1.78. The molecule has 0 saturated carbocycles. The number of benzene rings is 3. The van der Waals surface area contributed by atoms with E-state index in [4.69, 9.17) is 0 Å². The molecule has 1 aromatic heterocycles. The molecule has 1 heterocycles. The minimum absolute atomic E-state index is 0.247. The Morgan fingerprint density at radius 2 is 1.42 bits per heavy atom. The summed E-state index contributed by atoms with van der Waals surface area (Å²) in [5, 5.41) is 5.66. The van der Waals surface area contributed by atoms with Crippen LogP contribution in [0.2, 0.25) is 0 Å². The molecule has 1 unspecified atom stereocenters. The van der Waals surface area contributed by atoms with Crippen LogP contribution in [0.5, 0.6) is 0 Å². The van der Waals surface area contributed by atoms with Crippen molar-refractivity contribution in [1.82, 2.24) is 14.5 Å². The largest absolute Gasteiger partial charge is 0.325 e. The zero-order valence-corrected chi connectivity index (χ0v) is 20.7. The number of anilines is 2. The van der Waals surface area contributed by atoms with Crippen LogP contribution in [0.4, 0.5) is 16.2 Å². The van der Waals surface area contributed by atoms with Crippen molar-refractivity contribution >= 4 is 34.3 Å². The van der Waals surface area contributed by atoms with Gasteiger partial charge in [0, 0.05) is 14.0 Å². The number of aryl methyl sites for hydroxylation is 1. The highest BCUT2D eigenvalue weighted by molar-refractivity contribution is 5.98. The van der Waals surface area contributed by atoms with E-state index in [1.54, 1.807) is 47.7 Å². The second-order valence-corrected chi connectivity index (χ2v) is 8.68. The second-order valence-electron chi connectivity index (χ2n) is 8.68. The Labute approximate surface area is 209 Å². The molecule has 4 aromatic rings. The van der Waals surface area contributed by atoms with Gasteiger partial charge in [-0.15, -0.1) is 0 Å². The van der Waals surface area contributed by atoms with Crippen molar-refractivity contribution in [2.24, 2.45) is 7.05 Å². The number of carbonyl (C=O) groups excluding carboxylic acids is 2. The van der Waals surface area contributed by atoms with Gasteiger partial charge in [0.1, 0.15) is 5.69 Å². The van der Waals surface area contributed by atoms with Crippen LogP contribution in [0.15, 0.2) is 83.7 Å². The van der Waals surface area contributed by atoms with Crippen LogP contribution in [-0.4, -0.2) is 26.4 Å². The third kappa shape index (κ3) is 4.98. The number of para-hydroxylation sites is 4. The molecule has 0 bridgehead atoms. The summed E-state index contributed by atoms with van der Waals surface area (Å²) in [7, 11) is 1.71. The van der Waals surface area contributed by atoms with Gasteiger partial charge in [-0.25, -0.2) is 9.78 Å². The normalized spacial score (nSPS) is 12.6. The van der Waals surface area contributed by atoms with Crippen LogP contribution in [0, 0.1) is 0 Å². The minimum Gasteiger partial charge on any atom is -0.325 e. The van der Waals surface area contributed by atoms with E-state index in [0.717, 1.165) is 11.1 Å². The van der Waals surface area contributed by atoms with E-state index in [1.807, 2.05) is 61.5 Å². The van der Waals surface area contributed by atoms with Crippen molar-refractivity contribution in [3.05, 3.63) is 100 Å². The number of fused-ring (bicyclic) bond motifs is 1. The topological polar surface area (TPSA) is 96.3 Å². The lowest BCUT2D eigenvalue weighted by molar-refractivity contribution is -0.114. The monoisotopic (exact) mass is 483 g/mol. The van der Waals surface area contributed by atoms with Crippen molar-refractivity contribution in [2.75, 3.05) is 10.6 Å². The van der Waals surface area contributed by atoms with Crippen LogP contribution in [0.3, 0.4) is 0 Å². The quantitative estimate of drug-likeness (QED) is 0.392. The van der Waals surface area contributed by atoms with Crippen molar-refractivity contribution in [3.63, 3.8) is 0 Å². The summed E-state index contributed by atoms with van der Waals surface area (Å²) in [6, 6.07) is 22.5. The molecule has 0 fully saturated rings. The number of nitrogens with one attached hydrogen (secondary N) is 2. The smallest absolute Gasteiger partial charge is 0.322 e. The lowest BCUT2D eigenvalue weighted by atomic mass is 10.0. The van der Waals surface area contributed by atoms with E-state index >= 15 is 0 Å². The Hall–Kier alpha value is -4.46. The summed E-state index contributed by atoms with van der Waals surface area (Å²) in [5.41, 5.74) is 3.24. The van der Waals surface area contributed by atoms with Gasteiger partial charge in [-0.1, -0.05) is 54.6 Å². The molecule has 0 aliphatic heterocycles. The average molecular weight is 484 g/mol. The zero-order valence-electron chi connectivity index (χ0n) is 20.7. The Kier molecular flexibility index (Phi) is 7.15. The average Bonchev–Trinajstić information content (AvgIpc) is 2.87. The summed E-state index contributed by atoms with van der Waals surface area (Å²) < 4.78 is 1.56. The molecule has 0 spiro atoms. The first-order chi connectivity index (χ1) is 17.3. The molecular formula is C28H29N5O3. The Bertz CT molecular complexity index is 1470. The maximum atomic E-state index is 13.8. The third-order valence-electron chi connectivity index (χ3n) is 6.23. The van der Waals surface area contributed by atoms with E-state index < -0.39 is 12.1 Å². The number of hydrogen-bond donors (Lipinski definition) is 2. The molecule has 8 nitrogen and oxygen atoms in total. The first-order valence-electron chi connectivity index (χ1n) is 11.7. The van der Waals surface area contributed by atoms with Gasteiger partial charge in [0.25, 0.3) is 5.56 Å². The van der Waals surface area contributed by atoms with Gasteiger partial charge in [-0.2, -0.15) is 0 Å². The molecule has 0 aliphatic rings. The third-order valence-corrected chi connectivity index (χ3v) is 6.23. The number of amides is 3.